The summed E-state index contributed by atoms with van der Waals surface area (Å²) >= 11 is 0. The summed E-state index contributed by atoms with van der Waals surface area (Å²) in [5.41, 5.74) is 2.43. The van der Waals surface area contributed by atoms with Crippen molar-refractivity contribution < 1.29 is 4.74 Å². The van der Waals surface area contributed by atoms with Crippen molar-refractivity contribution in [3.05, 3.63) is 83.6 Å². The molecule has 2 heteroatoms. The highest BCUT2D eigenvalue weighted by Crippen LogP contribution is 2.35. The van der Waals surface area contributed by atoms with Crippen molar-refractivity contribution in [3.8, 4) is 5.75 Å². The molecule has 2 rings (SSSR count). The van der Waals surface area contributed by atoms with Crippen LogP contribution in [0.3, 0.4) is 0 Å². The molecule has 0 aliphatic carbocycles. The van der Waals surface area contributed by atoms with Crippen LogP contribution in [0.1, 0.15) is 17.0 Å². The van der Waals surface area contributed by atoms with Crippen LogP contribution in [-0.2, 0) is 0 Å². The van der Waals surface area contributed by atoms with Crippen molar-refractivity contribution in [2.75, 3.05) is 7.11 Å². The van der Waals surface area contributed by atoms with Crippen LogP contribution < -0.4 is 4.74 Å². The van der Waals surface area contributed by atoms with Crippen molar-refractivity contribution in [1.82, 2.24) is 0 Å². The predicted molar refractivity (Wildman–Crippen MR) is 104 cm³/mol. The normalized spacial score (nSPS) is 13.5. The number of ether oxygens (including phenoxy) is 1. The van der Waals surface area contributed by atoms with Gasteiger partial charge in [-0.25, -0.2) is 0 Å². The van der Waals surface area contributed by atoms with Crippen molar-refractivity contribution in [3.63, 3.8) is 0 Å². The van der Waals surface area contributed by atoms with Crippen LogP contribution in [0.5, 0.6) is 5.75 Å². The molecule has 0 heterocycles. The lowest BCUT2D eigenvalue weighted by Gasteiger charge is -2.28. The lowest BCUT2D eigenvalue weighted by Crippen LogP contribution is -2.27. The van der Waals surface area contributed by atoms with Crippen LogP contribution in [0.15, 0.2) is 72.4 Å². The van der Waals surface area contributed by atoms with Gasteiger partial charge in [0.15, 0.2) is 0 Å². The van der Waals surface area contributed by atoms with Gasteiger partial charge in [-0.3, -0.25) is 0 Å². The Hall–Kier alpha value is -2.06. The van der Waals surface area contributed by atoms with Gasteiger partial charge >= 0.3 is 0 Å². The molecule has 2 aromatic rings. The Balaban J connectivity index is 2.57. The summed E-state index contributed by atoms with van der Waals surface area (Å²) in [6, 6.07) is 18.8. The summed E-state index contributed by atoms with van der Waals surface area (Å²) in [5, 5.41) is 1.46. The van der Waals surface area contributed by atoms with Crippen LogP contribution in [-0.4, -0.2) is 15.2 Å². The highest BCUT2D eigenvalue weighted by atomic mass is 28.3. The van der Waals surface area contributed by atoms with E-state index >= 15 is 0 Å². The summed E-state index contributed by atoms with van der Waals surface area (Å²) in [7, 11) is 0.188. The average molecular weight is 323 g/mol. The van der Waals surface area contributed by atoms with Gasteiger partial charge in [0.05, 0.1) is 15.2 Å². The first-order valence-electron chi connectivity index (χ1n) is 8.00. The number of para-hydroxylation sites is 1. The largest absolute Gasteiger partial charge is 0.496 e. The summed E-state index contributed by atoms with van der Waals surface area (Å²) in [6.07, 6.45) is 4.37. The molecule has 0 bridgehead atoms. The van der Waals surface area contributed by atoms with E-state index in [4.69, 9.17) is 4.74 Å². The van der Waals surface area contributed by atoms with E-state index in [1.54, 1.807) is 7.11 Å². The van der Waals surface area contributed by atoms with Crippen LogP contribution in [0.4, 0.5) is 0 Å². The quantitative estimate of drug-likeness (QED) is 0.473. The van der Waals surface area contributed by atoms with E-state index in [1.807, 2.05) is 12.1 Å². The third-order valence-electron chi connectivity index (χ3n) is 4.05. The molecule has 1 nitrogen and oxygen atoms in total. The van der Waals surface area contributed by atoms with E-state index in [1.165, 1.54) is 10.8 Å². The standard InChI is InChI=1S/C21H26OSi/c1-6-19(17-12-8-7-9-13-17)21(23(3,4)5)16-18-14-10-11-15-20(18)22-2/h6-16,19H,1H2,2-5H3/b21-16+/t19-/m0/s1. The van der Waals surface area contributed by atoms with Gasteiger partial charge in [-0.05, 0) is 11.6 Å². The molecule has 0 N–H and O–H groups in total. The highest BCUT2D eigenvalue weighted by Gasteiger charge is 2.26. The maximum atomic E-state index is 5.52. The topological polar surface area (TPSA) is 9.23 Å². The zero-order chi connectivity index (χ0) is 16.9. The molecule has 0 radical (unpaired) electrons. The van der Waals surface area contributed by atoms with Gasteiger partial charge in [-0.1, -0.05) is 85.5 Å². The van der Waals surface area contributed by atoms with Gasteiger partial charge in [0, 0.05) is 11.5 Å². The second-order valence-electron chi connectivity index (χ2n) is 6.72. The number of methoxy groups -OCH3 is 1. The van der Waals surface area contributed by atoms with E-state index in [-0.39, 0.29) is 5.92 Å². The highest BCUT2D eigenvalue weighted by molar-refractivity contribution is 6.84. The van der Waals surface area contributed by atoms with Gasteiger partial charge in [0.1, 0.15) is 5.75 Å². The molecular weight excluding hydrogens is 296 g/mol. The van der Waals surface area contributed by atoms with E-state index in [0.29, 0.717) is 0 Å². The molecule has 23 heavy (non-hydrogen) atoms. The van der Waals surface area contributed by atoms with Gasteiger partial charge in [0.25, 0.3) is 0 Å². The Labute approximate surface area is 141 Å². The molecule has 0 amide bonds. The van der Waals surface area contributed by atoms with Crippen LogP contribution in [0.25, 0.3) is 6.08 Å². The van der Waals surface area contributed by atoms with E-state index < -0.39 is 8.07 Å². The Morgan fingerprint density at radius 2 is 1.61 bits per heavy atom. The molecule has 120 valence electrons. The molecule has 0 aromatic heterocycles. The number of benzene rings is 2. The van der Waals surface area contributed by atoms with Gasteiger partial charge < -0.3 is 4.74 Å². The van der Waals surface area contributed by atoms with Crippen LogP contribution >= 0.6 is 0 Å². The first kappa shape index (κ1) is 17.3. The molecule has 0 unspecified atom stereocenters. The fourth-order valence-corrected chi connectivity index (χ4v) is 4.64. The molecule has 0 aliphatic rings. The Bertz CT molecular complexity index is 680. The van der Waals surface area contributed by atoms with Crippen molar-refractivity contribution >= 4 is 14.1 Å². The maximum absolute atomic E-state index is 5.52. The minimum atomic E-state index is -1.54. The van der Waals surface area contributed by atoms with Gasteiger partial charge in [-0.15, -0.1) is 6.58 Å². The minimum absolute atomic E-state index is 0.243. The molecule has 0 saturated heterocycles. The first-order chi connectivity index (χ1) is 11.0. The molecule has 0 aliphatic heterocycles. The van der Waals surface area contributed by atoms with Gasteiger partial charge in [0.2, 0.25) is 0 Å². The minimum Gasteiger partial charge on any atom is -0.496 e. The SMILES string of the molecule is C=C[C@H](/C(=C\c1ccccc1OC)[Si](C)(C)C)c1ccccc1. The fourth-order valence-electron chi connectivity index (χ4n) is 2.83. The van der Waals surface area contributed by atoms with E-state index in [0.717, 1.165) is 11.3 Å². The first-order valence-corrected chi connectivity index (χ1v) is 11.5. The molecular formula is C21H26OSi. The molecule has 0 spiro atoms. The number of rotatable bonds is 6. The van der Waals surface area contributed by atoms with E-state index in [9.17, 15) is 0 Å². The summed E-state index contributed by atoms with van der Waals surface area (Å²) in [6.45, 7) is 11.3. The predicted octanol–water partition coefficient (Wildman–Crippen LogP) is 5.93. The molecule has 0 saturated carbocycles. The van der Waals surface area contributed by atoms with Crippen molar-refractivity contribution in [2.45, 2.75) is 25.6 Å². The van der Waals surface area contributed by atoms with Crippen LogP contribution in [0, 0.1) is 0 Å². The summed E-state index contributed by atoms with van der Waals surface area (Å²) < 4.78 is 5.52. The molecule has 2 aromatic carbocycles. The number of hydrogen-bond acceptors (Lipinski definition) is 1. The number of allylic oxidation sites excluding steroid dienone is 2. The third-order valence-corrected chi connectivity index (χ3v) is 6.23. The molecule has 0 fully saturated rings. The Morgan fingerprint density at radius 3 is 2.17 bits per heavy atom. The fraction of sp³-hybridized carbons (Fsp3) is 0.238. The average Bonchev–Trinajstić information content (AvgIpc) is 2.55. The lowest BCUT2D eigenvalue weighted by atomic mass is 9.97. The van der Waals surface area contributed by atoms with Crippen molar-refractivity contribution in [2.24, 2.45) is 0 Å². The lowest BCUT2D eigenvalue weighted by molar-refractivity contribution is 0.414. The summed E-state index contributed by atoms with van der Waals surface area (Å²) in [4.78, 5) is 0. The van der Waals surface area contributed by atoms with Crippen molar-refractivity contribution in [1.29, 1.82) is 0 Å². The smallest absolute Gasteiger partial charge is 0.126 e. The second-order valence-corrected chi connectivity index (χ2v) is 11.8. The van der Waals surface area contributed by atoms with Crippen LogP contribution in [0.2, 0.25) is 19.6 Å². The summed E-state index contributed by atoms with van der Waals surface area (Å²) in [5.74, 6) is 1.16. The van der Waals surface area contributed by atoms with E-state index in [2.05, 4.69) is 80.8 Å². The van der Waals surface area contributed by atoms with Gasteiger partial charge in [-0.2, -0.15) is 0 Å². The Morgan fingerprint density at radius 1 is 1.00 bits per heavy atom. The second kappa shape index (κ2) is 7.47. The number of hydrogen-bond donors (Lipinski definition) is 0. The zero-order valence-corrected chi connectivity index (χ0v) is 15.5. The maximum Gasteiger partial charge on any atom is 0.126 e. The zero-order valence-electron chi connectivity index (χ0n) is 14.5. The monoisotopic (exact) mass is 322 g/mol. The Kier molecular flexibility index (Phi) is 5.62. The molecule has 1 atom stereocenters. The third kappa shape index (κ3) is 4.23.